The first-order chi connectivity index (χ1) is 8.65. The lowest BCUT2D eigenvalue weighted by Crippen LogP contribution is -2.42. The molecule has 6 heteroatoms. The number of ketones is 1. The third-order valence-corrected chi connectivity index (χ3v) is 1.90. The highest BCUT2D eigenvalue weighted by atomic mass is 16.6. The predicted molar refractivity (Wildman–Crippen MR) is 69.6 cm³/mol. The minimum absolute atomic E-state index is 0.0555. The van der Waals surface area contributed by atoms with E-state index in [4.69, 9.17) is 4.74 Å². The number of hydrogen-bond donors (Lipinski definition) is 1. The molecule has 1 N–H and O–H groups in total. The van der Waals surface area contributed by atoms with Gasteiger partial charge >= 0.3 is 12.1 Å². The van der Waals surface area contributed by atoms with Crippen LogP contribution in [-0.2, 0) is 19.1 Å². The lowest BCUT2D eigenvalue weighted by molar-refractivity contribution is -0.145. The topological polar surface area (TPSA) is 81.7 Å². The van der Waals surface area contributed by atoms with Crippen LogP contribution in [0.4, 0.5) is 4.79 Å². The van der Waals surface area contributed by atoms with E-state index < -0.39 is 35.9 Å². The lowest BCUT2D eigenvalue weighted by Gasteiger charge is -2.21. The molecule has 0 rings (SSSR count). The van der Waals surface area contributed by atoms with Gasteiger partial charge in [-0.25, -0.2) is 4.79 Å². The standard InChI is InChI=1S/C13H21NO5/c1-6-7-18-11(16)8-10(15)9(2)14-12(17)19-13(3,4)5/h6,9H,1,7-8H2,2-5H3,(H,14,17)/t9-/m1/s1. The Kier molecular flexibility index (Phi) is 6.82. The molecule has 6 nitrogen and oxygen atoms in total. The van der Waals surface area contributed by atoms with Crippen molar-refractivity contribution in [2.75, 3.05) is 6.61 Å². The van der Waals surface area contributed by atoms with E-state index >= 15 is 0 Å². The van der Waals surface area contributed by atoms with Crippen LogP contribution in [0.1, 0.15) is 34.1 Å². The summed E-state index contributed by atoms with van der Waals surface area (Å²) in [5.74, 6) is -1.09. The summed E-state index contributed by atoms with van der Waals surface area (Å²) in [5, 5.41) is 2.36. The molecule has 0 aliphatic rings. The fourth-order valence-electron chi connectivity index (χ4n) is 1.06. The molecule has 0 saturated heterocycles. The van der Waals surface area contributed by atoms with Crippen LogP contribution in [0.2, 0.25) is 0 Å². The average molecular weight is 271 g/mol. The number of alkyl carbamates (subject to hydrolysis) is 1. The van der Waals surface area contributed by atoms with E-state index in [1.807, 2.05) is 0 Å². The molecule has 19 heavy (non-hydrogen) atoms. The molecule has 0 aromatic carbocycles. The first-order valence-corrected chi connectivity index (χ1v) is 5.94. The minimum atomic E-state index is -0.814. The second-order valence-electron chi connectivity index (χ2n) is 4.98. The van der Waals surface area contributed by atoms with Crippen LogP contribution >= 0.6 is 0 Å². The van der Waals surface area contributed by atoms with Crippen molar-refractivity contribution in [2.45, 2.75) is 45.8 Å². The van der Waals surface area contributed by atoms with Crippen LogP contribution in [0.15, 0.2) is 12.7 Å². The summed E-state index contributed by atoms with van der Waals surface area (Å²) in [7, 11) is 0. The molecule has 0 aliphatic carbocycles. The van der Waals surface area contributed by atoms with E-state index in [1.165, 1.54) is 13.0 Å². The van der Waals surface area contributed by atoms with Crippen molar-refractivity contribution < 1.29 is 23.9 Å². The Hall–Kier alpha value is -1.85. The maximum Gasteiger partial charge on any atom is 0.408 e. The Balaban J connectivity index is 4.16. The number of ether oxygens (including phenoxy) is 2. The molecule has 0 fully saturated rings. The number of esters is 1. The van der Waals surface area contributed by atoms with Gasteiger partial charge in [-0.05, 0) is 27.7 Å². The van der Waals surface area contributed by atoms with E-state index in [0.29, 0.717) is 0 Å². The van der Waals surface area contributed by atoms with Crippen molar-refractivity contribution in [1.29, 1.82) is 0 Å². The molecule has 0 unspecified atom stereocenters. The molecule has 0 radical (unpaired) electrons. The summed E-state index contributed by atoms with van der Waals surface area (Å²) in [6, 6.07) is -0.814. The third kappa shape index (κ3) is 8.82. The summed E-state index contributed by atoms with van der Waals surface area (Å²) < 4.78 is 9.67. The molecule has 1 amide bonds. The normalized spacial score (nSPS) is 12.2. The monoisotopic (exact) mass is 271 g/mol. The summed E-state index contributed by atoms with van der Waals surface area (Å²) in [5.41, 5.74) is -0.643. The van der Waals surface area contributed by atoms with Crippen LogP contribution in [-0.4, -0.2) is 36.1 Å². The molecule has 0 aromatic heterocycles. The van der Waals surface area contributed by atoms with Gasteiger partial charge in [0.05, 0.1) is 6.04 Å². The third-order valence-electron chi connectivity index (χ3n) is 1.90. The molecule has 1 atom stereocenters. The van der Waals surface area contributed by atoms with Crippen LogP contribution in [0.25, 0.3) is 0 Å². The molecule has 0 saturated carbocycles. The number of rotatable bonds is 6. The van der Waals surface area contributed by atoms with Crippen LogP contribution in [0.3, 0.4) is 0 Å². The molecular weight excluding hydrogens is 250 g/mol. The highest BCUT2D eigenvalue weighted by molar-refractivity contribution is 5.99. The van der Waals surface area contributed by atoms with Gasteiger partial charge in [-0.1, -0.05) is 12.7 Å². The van der Waals surface area contributed by atoms with Gasteiger partial charge in [0.15, 0.2) is 5.78 Å². The molecule has 0 bridgehead atoms. The SMILES string of the molecule is C=CCOC(=O)CC(=O)[C@@H](C)NC(=O)OC(C)(C)C. The fourth-order valence-corrected chi connectivity index (χ4v) is 1.06. The summed E-state index contributed by atoms with van der Waals surface area (Å²) in [6.07, 6.45) is 0.308. The second-order valence-corrected chi connectivity index (χ2v) is 4.98. The number of hydrogen-bond acceptors (Lipinski definition) is 5. The number of Topliss-reactive ketones (excluding diaryl/α,β-unsaturated/α-hetero) is 1. The quantitative estimate of drug-likeness (QED) is 0.450. The number of carbonyl (C=O) groups is 3. The van der Waals surface area contributed by atoms with Gasteiger partial charge in [0.1, 0.15) is 18.6 Å². The molecule has 0 heterocycles. The van der Waals surface area contributed by atoms with Crippen molar-refractivity contribution >= 4 is 17.8 Å². The molecule has 0 aromatic rings. The molecule has 0 spiro atoms. The highest BCUT2D eigenvalue weighted by Crippen LogP contribution is 2.07. The predicted octanol–water partition coefficient (Wildman–Crippen LogP) is 1.59. The molecular formula is C13H21NO5. The van der Waals surface area contributed by atoms with Crippen molar-refractivity contribution in [1.82, 2.24) is 5.32 Å². The summed E-state index contributed by atoms with van der Waals surface area (Å²) >= 11 is 0. The Morgan fingerprint density at radius 1 is 1.32 bits per heavy atom. The Labute approximate surface area is 113 Å². The first-order valence-electron chi connectivity index (χ1n) is 5.94. The smallest absolute Gasteiger partial charge is 0.408 e. The van der Waals surface area contributed by atoms with Crippen molar-refractivity contribution in [3.05, 3.63) is 12.7 Å². The van der Waals surface area contributed by atoms with Gasteiger partial charge in [0.25, 0.3) is 0 Å². The average Bonchev–Trinajstić information content (AvgIpc) is 2.23. The van der Waals surface area contributed by atoms with Crippen molar-refractivity contribution in [2.24, 2.45) is 0 Å². The van der Waals surface area contributed by atoms with Crippen LogP contribution in [0.5, 0.6) is 0 Å². The van der Waals surface area contributed by atoms with Gasteiger partial charge in [-0.2, -0.15) is 0 Å². The number of carbonyl (C=O) groups excluding carboxylic acids is 3. The Bertz CT molecular complexity index is 357. The maximum absolute atomic E-state index is 11.6. The van der Waals surface area contributed by atoms with Gasteiger partial charge in [-0.3, -0.25) is 9.59 Å². The fraction of sp³-hybridized carbons (Fsp3) is 0.615. The largest absolute Gasteiger partial charge is 0.461 e. The highest BCUT2D eigenvalue weighted by Gasteiger charge is 2.22. The lowest BCUT2D eigenvalue weighted by atomic mass is 10.1. The molecule has 0 aliphatic heterocycles. The van der Waals surface area contributed by atoms with E-state index in [1.54, 1.807) is 20.8 Å². The molecule has 108 valence electrons. The zero-order valence-electron chi connectivity index (χ0n) is 11.8. The second kappa shape index (κ2) is 7.56. The summed E-state index contributed by atoms with van der Waals surface area (Å²) in [4.78, 5) is 34.2. The van der Waals surface area contributed by atoms with Gasteiger partial charge in [0.2, 0.25) is 0 Å². The van der Waals surface area contributed by atoms with E-state index in [0.717, 1.165) is 0 Å². The van der Waals surface area contributed by atoms with Crippen LogP contribution < -0.4 is 5.32 Å². The zero-order valence-corrected chi connectivity index (χ0v) is 11.8. The van der Waals surface area contributed by atoms with Crippen molar-refractivity contribution in [3.8, 4) is 0 Å². The van der Waals surface area contributed by atoms with E-state index in [2.05, 4.69) is 16.6 Å². The number of amides is 1. The van der Waals surface area contributed by atoms with Gasteiger partial charge < -0.3 is 14.8 Å². The minimum Gasteiger partial charge on any atom is -0.461 e. The Morgan fingerprint density at radius 2 is 1.89 bits per heavy atom. The first kappa shape index (κ1) is 17.2. The van der Waals surface area contributed by atoms with Crippen molar-refractivity contribution in [3.63, 3.8) is 0 Å². The van der Waals surface area contributed by atoms with Gasteiger partial charge in [0, 0.05) is 0 Å². The van der Waals surface area contributed by atoms with Crippen LogP contribution in [0, 0.1) is 0 Å². The van der Waals surface area contributed by atoms with E-state index in [9.17, 15) is 14.4 Å². The Morgan fingerprint density at radius 3 is 2.37 bits per heavy atom. The zero-order chi connectivity index (χ0) is 15.1. The van der Waals surface area contributed by atoms with E-state index in [-0.39, 0.29) is 6.61 Å². The maximum atomic E-state index is 11.6. The number of nitrogens with one attached hydrogen (secondary N) is 1. The van der Waals surface area contributed by atoms with Gasteiger partial charge in [-0.15, -0.1) is 0 Å². The summed E-state index contributed by atoms with van der Waals surface area (Å²) in [6.45, 7) is 10.1.